The van der Waals surface area contributed by atoms with Gasteiger partial charge < -0.3 is 5.32 Å². The second-order valence-electron chi connectivity index (χ2n) is 4.22. The predicted octanol–water partition coefficient (Wildman–Crippen LogP) is 4.49. The molecule has 0 aliphatic rings. The number of hydrogen-bond donors (Lipinski definition) is 1. The van der Waals surface area contributed by atoms with Gasteiger partial charge in [0, 0.05) is 10.6 Å². The minimum absolute atomic E-state index is 0.0236. The van der Waals surface area contributed by atoms with Crippen molar-refractivity contribution in [1.82, 2.24) is 10.2 Å². The first-order chi connectivity index (χ1) is 10.7. The maximum absolute atomic E-state index is 12.0. The largest absolute Gasteiger partial charge is 0.324 e. The molecule has 1 heterocycles. The first kappa shape index (κ1) is 17.7. The fourth-order valence-corrected chi connectivity index (χ4v) is 4.86. The van der Waals surface area contributed by atoms with E-state index in [2.05, 4.69) is 22.4 Å². The molecule has 22 heavy (non-hydrogen) atoms. The van der Waals surface area contributed by atoms with Crippen LogP contribution in [0.15, 0.2) is 37.8 Å². The van der Waals surface area contributed by atoms with Gasteiger partial charge in [0.2, 0.25) is 5.91 Å². The molecule has 0 bridgehead atoms. The Morgan fingerprint density at radius 2 is 1.95 bits per heavy atom. The van der Waals surface area contributed by atoms with Gasteiger partial charge in [0.1, 0.15) is 0 Å². The van der Waals surface area contributed by atoms with E-state index in [4.69, 9.17) is 0 Å². The predicted molar refractivity (Wildman–Crippen MR) is 98.5 cm³/mol. The Morgan fingerprint density at radius 1 is 1.23 bits per heavy atom. The summed E-state index contributed by atoms with van der Waals surface area (Å²) in [6.45, 7) is 2.14. The second kappa shape index (κ2) is 9.44. The zero-order valence-corrected chi connectivity index (χ0v) is 15.6. The highest BCUT2D eigenvalue weighted by molar-refractivity contribution is 8.03. The van der Waals surface area contributed by atoms with Crippen LogP contribution in [0, 0.1) is 0 Å². The Bertz CT molecular complexity index is 618. The van der Waals surface area contributed by atoms with E-state index in [9.17, 15) is 4.79 Å². The van der Waals surface area contributed by atoms with Crippen LogP contribution in [0.1, 0.15) is 13.3 Å². The number of hydrogen-bond acceptors (Lipinski definition) is 7. The zero-order valence-electron chi connectivity index (χ0n) is 12.4. The number of carbonyl (C=O) groups is 1. The first-order valence-corrected chi connectivity index (χ1v) is 10.8. The third-order valence-electron chi connectivity index (χ3n) is 2.53. The van der Waals surface area contributed by atoms with Crippen molar-refractivity contribution >= 4 is 58.2 Å². The molecule has 2 rings (SSSR count). The summed E-state index contributed by atoms with van der Waals surface area (Å²) in [4.78, 5) is 13.1. The van der Waals surface area contributed by atoms with E-state index in [1.165, 1.54) is 11.8 Å². The van der Waals surface area contributed by atoms with Crippen LogP contribution in [0.3, 0.4) is 0 Å². The Labute approximate surface area is 147 Å². The topological polar surface area (TPSA) is 54.9 Å². The molecule has 0 saturated carbocycles. The number of rotatable bonds is 8. The number of carbonyl (C=O) groups excluding carboxylic acids is 1. The number of anilines is 1. The number of aromatic nitrogens is 2. The van der Waals surface area contributed by atoms with Crippen molar-refractivity contribution in [3.63, 3.8) is 0 Å². The maximum Gasteiger partial charge on any atom is 0.234 e. The fourth-order valence-electron chi connectivity index (χ4n) is 1.56. The second-order valence-corrected chi connectivity index (χ2v) is 8.61. The van der Waals surface area contributed by atoms with Gasteiger partial charge in [0.15, 0.2) is 8.68 Å². The average Bonchev–Trinajstić information content (AvgIpc) is 2.99. The SMILES string of the molecule is CCCSc1nnc(SCC(=O)Nc2ccccc2SC)s1. The molecule has 4 nitrogen and oxygen atoms in total. The molecule has 8 heteroatoms. The monoisotopic (exact) mass is 371 g/mol. The molecule has 1 amide bonds. The van der Waals surface area contributed by atoms with Gasteiger partial charge in [0.05, 0.1) is 11.4 Å². The highest BCUT2D eigenvalue weighted by Crippen LogP contribution is 2.29. The summed E-state index contributed by atoms with van der Waals surface area (Å²) in [5.74, 6) is 1.37. The Balaban J connectivity index is 1.83. The van der Waals surface area contributed by atoms with Gasteiger partial charge in [-0.05, 0) is 24.8 Å². The lowest BCUT2D eigenvalue weighted by Crippen LogP contribution is -2.14. The van der Waals surface area contributed by atoms with Crippen LogP contribution in [0.2, 0.25) is 0 Å². The smallest absolute Gasteiger partial charge is 0.234 e. The minimum atomic E-state index is -0.0236. The summed E-state index contributed by atoms with van der Waals surface area (Å²) in [5.41, 5.74) is 0.858. The van der Waals surface area contributed by atoms with Crippen molar-refractivity contribution in [2.75, 3.05) is 23.1 Å². The minimum Gasteiger partial charge on any atom is -0.324 e. The molecule has 1 N–H and O–H groups in total. The Kier molecular flexibility index (Phi) is 7.57. The number of amides is 1. The van der Waals surface area contributed by atoms with Gasteiger partial charge in [-0.3, -0.25) is 4.79 Å². The molecule has 0 saturated heterocycles. The molecule has 1 aromatic carbocycles. The molecule has 1 aromatic heterocycles. The van der Waals surface area contributed by atoms with Crippen LogP contribution in [-0.2, 0) is 4.79 Å². The van der Waals surface area contributed by atoms with Crippen LogP contribution >= 0.6 is 46.6 Å². The third-order valence-corrected chi connectivity index (χ3v) is 6.72. The summed E-state index contributed by atoms with van der Waals surface area (Å²) in [6, 6.07) is 7.80. The van der Waals surface area contributed by atoms with Crippen LogP contribution in [0.5, 0.6) is 0 Å². The van der Waals surface area contributed by atoms with Crippen molar-refractivity contribution in [1.29, 1.82) is 0 Å². The van der Waals surface area contributed by atoms with E-state index in [1.54, 1.807) is 34.9 Å². The molecule has 0 atom stereocenters. The molecule has 2 aromatic rings. The number of nitrogens with zero attached hydrogens (tertiary/aromatic N) is 2. The summed E-state index contributed by atoms with van der Waals surface area (Å²) < 4.78 is 1.81. The van der Waals surface area contributed by atoms with Gasteiger partial charge in [-0.15, -0.1) is 22.0 Å². The Hall–Kier alpha value is -0.700. The van der Waals surface area contributed by atoms with Gasteiger partial charge >= 0.3 is 0 Å². The van der Waals surface area contributed by atoms with Crippen LogP contribution in [0.25, 0.3) is 0 Å². The summed E-state index contributed by atoms with van der Waals surface area (Å²) >= 11 is 6.31. The van der Waals surface area contributed by atoms with E-state index in [0.717, 1.165) is 31.4 Å². The van der Waals surface area contributed by atoms with Crippen molar-refractivity contribution in [2.45, 2.75) is 26.9 Å². The van der Waals surface area contributed by atoms with Crippen molar-refractivity contribution in [3.8, 4) is 0 Å². The van der Waals surface area contributed by atoms with Crippen molar-refractivity contribution in [2.24, 2.45) is 0 Å². The summed E-state index contributed by atoms with van der Waals surface area (Å²) in [7, 11) is 0. The van der Waals surface area contributed by atoms with Gasteiger partial charge in [-0.2, -0.15) is 0 Å². The van der Waals surface area contributed by atoms with Crippen molar-refractivity contribution in [3.05, 3.63) is 24.3 Å². The lowest BCUT2D eigenvalue weighted by molar-refractivity contribution is -0.113. The lowest BCUT2D eigenvalue weighted by Gasteiger charge is -2.08. The quantitative estimate of drug-likeness (QED) is 0.690. The van der Waals surface area contributed by atoms with Crippen LogP contribution < -0.4 is 5.32 Å². The fraction of sp³-hybridized carbons (Fsp3) is 0.357. The van der Waals surface area contributed by atoms with E-state index >= 15 is 0 Å². The summed E-state index contributed by atoms with van der Waals surface area (Å²) in [5, 5.41) is 11.2. The number of nitrogens with one attached hydrogen (secondary N) is 1. The van der Waals surface area contributed by atoms with E-state index in [-0.39, 0.29) is 5.91 Å². The lowest BCUT2D eigenvalue weighted by atomic mass is 10.3. The van der Waals surface area contributed by atoms with E-state index in [1.807, 2.05) is 30.5 Å². The Morgan fingerprint density at radius 3 is 2.68 bits per heavy atom. The maximum atomic E-state index is 12.0. The molecular formula is C14H17N3OS4. The average molecular weight is 372 g/mol. The van der Waals surface area contributed by atoms with Gasteiger partial charge in [-0.25, -0.2) is 0 Å². The molecule has 118 valence electrons. The zero-order chi connectivity index (χ0) is 15.8. The normalized spacial score (nSPS) is 10.6. The summed E-state index contributed by atoms with van der Waals surface area (Å²) in [6.07, 6.45) is 3.11. The highest BCUT2D eigenvalue weighted by atomic mass is 32.2. The first-order valence-electron chi connectivity index (χ1n) is 6.75. The molecule has 0 radical (unpaired) electrons. The highest BCUT2D eigenvalue weighted by Gasteiger charge is 2.10. The molecule has 0 aliphatic carbocycles. The molecule has 0 aliphatic heterocycles. The van der Waals surface area contributed by atoms with Crippen LogP contribution in [0.4, 0.5) is 5.69 Å². The van der Waals surface area contributed by atoms with E-state index in [0.29, 0.717) is 5.75 Å². The standard InChI is InChI=1S/C14H17N3OS4/c1-3-8-20-13-16-17-14(22-13)21-9-12(18)15-10-6-4-5-7-11(10)19-2/h4-7H,3,8-9H2,1-2H3,(H,15,18). The molecular weight excluding hydrogens is 354 g/mol. The van der Waals surface area contributed by atoms with Gasteiger partial charge in [-0.1, -0.05) is 53.9 Å². The number of thioether (sulfide) groups is 3. The molecule has 0 unspecified atom stereocenters. The third kappa shape index (κ3) is 5.49. The number of para-hydroxylation sites is 1. The van der Waals surface area contributed by atoms with E-state index < -0.39 is 0 Å². The van der Waals surface area contributed by atoms with Crippen molar-refractivity contribution < 1.29 is 4.79 Å². The molecule has 0 fully saturated rings. The number of benzene rings is 1. The van der Waals surface area contributed by atoms with Crippen LogP contribution in [-0.4, -0.2) is 33.9 Å². The van der Waals surface area contributed by atoms with Gasteiger partial charge in [0.25, 0.3) is 0 Å². The molecule has 0 spiro atoms.